The fraction of sp³-hybridized carbons (Fsp3) is 0.367. The summed E-state index contributed by atoms with van der Waals surface area (Å²) in [5, 5.41) is 28.2. The second-order valence-corrected chi connectivity index (χ2v) is 19.3. The molecule has 4 rings (SSSR count). The number of benzene rings is 2. The van der Waals surface area contributed by atoms with Crippen molar-refractivity contribution >= 4 is 24.0 Å². The molecule has 14 heteroatoms. The van der Waals surface area contributed by atoms with Gasteiger partial charge in [-0.2, -0.15) is 5.26 Å². The van der Waals surface area contributed by atoms with Crippen LogP contribution in [0.5, 0.6) is 11.5 Å². The first-order valence-corrected chi connectivity index (χ1v) is 19.1. The number of para-hydroxylation sites is 1. The monoisotopic (exact) mass is 641 g/mol. The first-order chi connectivity index (χ1) is 20.7. The van der Waals surface area contributed by atoms with Gasteiger partial charge < -0.3 is 19.0 Å². The van der Waals surface area contributed by atoms with Crippen molar-refractivity contribution < 1.29 is 31.8 Å². The van der Waals surface area contributed by atoms with E-state index >= 15 is 0 Å². The van der Waals surface area contributed by atoms with E-state index in [2.05, 4.69) is 29.8 Å². The van der Waals surface area contributed by atoms with E-state index in [1.165, 1.54) is 31.8 Å². The lowest BCUT2D eigenvalue weighted by Gasteiger charge is -2.31. The largest absolute Gasteiger partial charge is 0.494 e. The number of aliphatic hydroxyl groups excluding tert-OH is 1. The molecule has 0 aliphatic rings. The van der Waals surface area contributed by atoms with Crippen LogP contribution in [0.2, 0.25) is 25.7 Å². The first-order valence-electron chi connectivity index (χ1n) is 13.9. The van der Waals surface area contributed by atoms with Crippen LogP contribution in [-0.4, -0.2) is 62.4 Å². The Morgan fingerprint density at radius 1 is 1.11 bits per heavy atom. The third kappa shape index (κ3) is 6.49. The van der Waals surface area contributed by atoms with Crippen molar-refractivity contribution in [3.63, 3.8) is 0 Å². The highest BCUT2D eigenvalue weighted by molar-refractivity contribution is 7.93. The third-order valence-electron chi connectivity index (χ3n) is 7.20. The van der Waals surface area contributed by atoms with Gasteiger partial charge in [0.2, 0.25) is 21.8 Å². The second-order valence-electron chi connectivity index (χ2n) is 11.5. The lowest BCUT2D eigenvalue weighted by atomic mass is 10.0. The van der Waals surface area contributed by atoms with E-state index in [1.54, 1.807) is 37.3 Å². The fourth-order valence-electron chi connectivity index (χ4n) is 4.69. The summed E-state index contributed by atoms with van der Waals surface area (Å²) in [5.41, 5.74) is 0.175. The Balaban J connectivity index is 1.98. The maximum absolute atomic E-state index is 14.5. The van der Waals surface area contributed by atoms with Gasteiger partial charge in [-0.05, 0) is 61.9 Å². The Labute approximate surface area is 257 Å². The number of nitriles is 1. The van der Waals surface area contributed by atoms with Crippen molar-refractivity contribution in [3.05, 3.63) is 71.2 Å². The van der Waals surface area contributed by atoms with Gasteiger partial charge in [-0.3, -0.25) is 4.57 Å². The summed E-state index contributed by atoms with van der Waals surface area (Å²) in [6.07, 6.45) is -1.66. The average Bonchev–Trinajstić information content (AvgIpc) is 3.61. The van der Waals surface area contributed by atoms with E-state index in [0.29, 0.717) is 34.8 Å². The molecule has 2 heterocycles. The lowest BCUT2D eigenvalue weighted by Crippen LogP contribution is -2.44. The number of sulfonamides is 1. The predicted octanol–water partition coefficient (Wildman–Crippen LogP) is 5.46. The summed E-state index contributed by atoms with van der Waals surface area (Å²) in [5.74, 6) is 1.09. The molecular weight excluding hydrogens is 606 g/mol. The number of ether oxygens (including phenoxy) is 2. The fourth-order valence-corrected chi connectivity index (χ4v) is 7.31. The van der Waals surface area contributed by atoms with E-state index in [9.17, 15) is 23.2 Å². The number of hydrogen-bond donors (Lipinski definition) is 1. The summed E-state index contributed by atoms with van der Waals surface area (Å²) >= 11 is 0. The molecule has 2 aromatic heterocycles. The highest BCUT2D eigenvalue weighted by Crippen LogP contribution is 2.40. The number of furan rings is 1. The van der Waals surface area contributed by atoms with Gasteiger partial charge >= 0.3 is 0 Å². The van der Waals surface area contributed by atoms with Crippen molar-refractivity contribution in [2.24, 2.45) is 0 Å². The Kier molecular flexibility index (Phi) is 9.52. The third-order valence-corrected chi connectivity index (χ3v) is 11.1. The summed E-state index contributed by atoms with van der Waals surface area (Å²) < 4.78 is 62.8. The molecule has 0 radical (unpaired) electrons. The molecule has 11 nitrogen and oxygen atoms in total. The minimum absolute atomic E-state index is 0.00487. The quantitative estimate of drug-likeness (QED) is 0.199. The van der Waals surface area contributed by atoms with Gasteiger partial charge in [-0.25, -0.2) is 17.1 Å². The minimum Gasteiger partial charge on any atom is -0.494 e. The number of methoxy groups -OCH3 is 2. The van der Waals surface area contributed by atoms with Crippen molar-refractivity contribution in [2.45, 2.75) is 50.9 Å². The van der Waals surface area contributed by atoms with Crippen molar-refractivity contribution in [1.82, 2.24) is 14.8 Å². The molecule has 2 atom stereocenters. The summed E-state index contributed by atoms with van der Waals surface area (Å²) in [6, 6.07) is 14.2. The molecule has 0 saturated carbocycles. The van der Waals surface area contributed by atoms with Crippen LogP contribution in [0.4, 0.5) is 10.3 Å². The van der Waals surface area contributed by atoms with E-state index in [-0.39, 0.29) is 29.4 Å². The number of aryl methyl sites for hydroxylation is 1. The molecule has 0 aliphatic carbocycles. The van der Waals surface area contributed by atoms with Crippen LogP contribution in [-0.2, 0) is 10.0 Å². The van der Waals surface area contributed by atoms with Crippen molar-refractivity contribution in [3.8, 4) is 34.8 Å². The highest BCUT2D eigenvalue weighted by Gasteiger charge is 2.40. The number of hydrogen-bond acceptors (Lipinski definition) is 9. The van der Waals surface area contributed by atoms with Gasteiger partial charge in [0, 0.05) is 14.6 Å². The molecule has 1 N–H and O–H groups in total. The first kappa shape index (κ1) is 32.7. The number of aliphatic hydroxyl groups is 1. The van der Waals surface area contributed by atoms with Gasteiger partial charge in [0.1, 0.15) is 34.0 Å². The number of rotatable bonds is 12. The number of aromatic nitrogens is 3. The average molecular weight is 642 g/mol. The van der Waals surface area contributed by atoms with Gasteiger partial charge in [0.05, 0.1) is 32.0 Å². The van der Waals surface area contributed by atoms with Crippen LogP contribution < -0.4 is 13.8 Å². The smallest absolute Gasteiger partial charge is 0.246 e. The zero-order valence-electron chi connectivity index (χ0n) is 25.7. The SMILES string of the molecule is COc1cccc(OC)c1-n1c(-c2ccc(C)o2)nnc1N(CC[Si](C)(C)C)S(=O)(=O)[C@@H](C)[C@@H](O)c1ccc(F)cc1C#N. The predicted molar refractivity (Wildman–Crippen MR) is 167 cm³/mol. The van der Waals surface area contributed by atoms with Crippen LogP contribution >= 0.6 is 0 Å². The molecule has 0 spiro atoms. The molecule has 4 aromatic rings. The number of anilines is 1. The van der Waals surface area contributed by atoms with Gasteiger partial charge in [0.15, 0.2) is 5.76 Å². The van der Waals surface area contributed by atoms with Crippen LogP contribution in [0.3, 0.4) is 0 Å². The van der Waals surface area contributed by atoms with Gasteiger partial charge in [-0.1, -0.05) is 31.8 Å². The van der Waals surface area contributed by atoms with E-state index in [0.717, 1.165) is 16.4 Å². The van der Waals surface area contributed by atoms with Crippen LogP contribution in [0.15, 0.2) is 52.9 Å². The number of nitrogens with zero attached hydrogens (tertiary/aromatic N) is 5. The highest BCUT2D eigenvalue weighted by atomic mass is 32.2. The molecule has 0 unspecified atom stereocenters. The van der Waals surface area contributed by atoms with Crippen molar-refractivity contribution in [2.75, 3.05) is 25.1 Å². The molecular formula is C30H36FN5O6SSi. The van der Waals surface area contributed by atoms with Crippen LogP contribution in [0.1, 0.15) is 29.9 Å². The van der Waals surface area contributed by atoms with E-state index < -0.39 is 35.3 Å². The molecule has 0 aliphatic heterocycles. The van der Waals surface area contributed by atoms with Gasteiger partial charge in [-0.15, -0.1) is 10.2 Å². The van der Waals surface area contributed by atoms with Crippen LogP contribution in [0.25, 0.3) is 17.3 Å². The Morgan fingerprint density at radius 2 is 1.77 bits per heavy atom. The normalized spacial score (nSPS) is 13.3. The van der Waals surface area contributed by atoms with Gasteiger partial charge in [0.25, 0.3) is 0 Å². The van der Waals surface area contributed by atoms with E-state index in [1.807, 2.05) is 6.07 Å². The maximum Gasteiger partial charge on any atom is 0.246 e. The topological polar surface area (TPSA) is 144 Å². The number of halogens is 1. The maximum atomic E-state index is 14.5. The lowest BCUT2D eigenvalue weighted by molar-refractivity contribution is 0.175. The summed E-state index contributed by atoms with van der Waals surface area (Å²) in [6.45, 7) is 9.47. The second kappa shape index (κ2) is 12.8. The van der Waals surface area contributed by atoms with Crippen LogP contribution in [0, 0.1) is 24.1 Å². The zero-order chi connectivity index (χ0) is 32.4. The molecule has 234 valence electrons. The molecule has 0 amide bonds. The zero-order valence-corrected chi connectivity index (χ0v) is 27.5. The van der Waals surface area contributed by atoms with Crippen molar-refractivity contribution in [1.29, 1.82) is 5.26 Å². The van der Waals surface area contributed by atoms with E-state index in [4.69, 9.17) is 13.9 Å². The molecule has 0 bridgehead atoms. The Morgan fingerprint density at radius 3 is 2.32 bits per heavy atom. The minimum atomic E-state index is -4.43. The summed E-state index contributed by atoms with van der Waals surface area (Å²) in [7, 11) is -3.31. The molecule has 44 heavy (non-hydrogen) atoms. The summed E-state index contributed by atoms with van der Waals surface area (Å²) in [4.78, 5) is 0. The molecule has 0 saturated heterocycles. The molecule has 0 fully saturated rings. The Bertz CT molecular complexity index is 1770. The molecule has 2 aromatic carbocycles. The Hall–Kier alpha value is -4.19. The standard InChI is InChI=1S/C30H36FN5O6SSi/c1-19-11-14-26(42-19)29-33-34-30(36(29)27-24(40-3)9-8-10-25(27)41-4)35(15-16-44(5,6)7)43(38,39)20(2)28(37)23-13-12-22(31)17-21(23)18-32/h8-14,17,20,28,37H,15-16H2,1-7H3/t20-,28+/m0/s1.